The van der Waals surface area contributed by atoms with Crippen molar-refractivity contribution in [2.24, 2.45) is 14.1 Å². The Morgan fingerprint density at radius 1 is 0.672 bits per heavy atom. The third-order valence-electron chi connectivity index (χ3n) is 12.9. The van der Waals surface area contributed by atoms with Crippen LogP contribution in [0.25, 0.3) is 22.1 Å². The molecule has 3 aromatic carbocycles. The molecule has 22 nitrogen and oxygen atoms in total. The van der Waals surface area contributed by atoms with Gasteiger partial charge in [-0.1, -0.05) is 6.08 Å². The third-order valence-corrected chi connectivity index (χ3v) is 12.9. The summed E-state index contributed by atoms with van der Waals surface area (Å²) in [5.41, 5.74) is 0.192. The fourth-order valence-electron chi connectivity index (χ4n) is 9.53. The van der Waals surface area contributed by atoms with Crippen LogP contribution in [-0.2, 0) is 59.5 Å². The van der Waals surface area contributed by atoms with Crippen molar-refractivity contribution in [2.45, 2.75) is 57.5 Å². The fraction of sp³-hybridized carbons (Fsp3) is 0.333. The van der Waals surface area contributed by atoms with Crippen molar-refractivity contribution in [1.82, 2.24) is 47.0 Å². The van der Waals surface area contributed by atoms with Crippen molar-refractivity contribution in [1.29, 1.82) is 0 Å². The average Bonchev–Trinajstić information content (AvgIpc) is 3.73. The van der Waals surface area contributed by atoms with Crippen molar-refractivity contribution in [3.8, 4) is 34.5 Å². The molecule has 67 heavy (non-hydrogen) atoms. The van der Waals surface area contributed by atoms with Crippen LogP contribution < -0.4 is 57.6 Å². The number of aromatic hydroxyl groups is 1. The Morgan fingerprint density at radius 3 is 1.75 bits per heavy atom. The van der Waals surface area contributed by atoms with Gasteiger partial charge in [0.2, 0.25) is 0 Å². The summed E-state index contributed by atoms with van der Waals surface area (Å²) >= 11 is 0. The first-order valence-electron chi connectivity index (χ1n) is 21.2. The SMILES string of the molecule is COc1cc2nc(CCn3c(=O)n4n(c3=O)[C@@H](C3=COc5ccc(O)cc5C3)C3=CCn5c(=O)n(CCc6nc7cc(OC)c(OC)cc7n(C)c6=O)c(=O)n5[C@@H]3C4)c(=O)n(C)c2cc1OC. The van der Waals surface area contributed by atoms with Gasteiger partial charge >= 0.3 is 22.8 Å². The van der Waals surface area contributed by atoms with E-state index in [1.54, 1.807) is 56.6 Å². The van der Waals surface area contributed by atoms with Gasteiger partial charge in [0.25, 0.3) is 11.1 Å². The first-order chi connectivity index (χ1) is 32.3. The topological polar surface area (TPSA) is 234 Å². The number of hydrogen-bond acceptors (Lipinski definition) is 14. The van der Waals surface area contributed by atoms with E-state index in [1.165, 1.54) is 68.6 Å². The molecule has 346 valence electrons. The minimum atomic E-state index is -0.982. The number of methoxy groups -OCH3 is 4. The number of phenolic OH excluding ortho intramolecular Hbond substituents is 1. The summed E-state index contributed by atoms with van der Waals surface area (Å²) in [6.45, 7) is -0.689. The van der Waals surface area contributed by atoms with Crippen LogP contribution in [0.5, 0.6) is 34.5 Å². The summed E-state index contributed by atoms with van der Waals surface area (Å²) in [5, 5.41) is 10.4. The van der Waals surface area contributed by atoms with E-state index < -0.39 is 46.0 Å². The molecular weight excluding hydrogens is 873 g/mol. The number of fused-ring (bicyclic) bond motifs is 7. The summed E-state index contributed by atoms with van der Waals surface area (Å²) in [6.07, 6.45) is 3.30. The van der Waals surface area contributed by atoms with Gasteiger partial charge in [0, 0.05) is 76.3 Å². The zero-order valence-electron chi connectivity index (χ0n) is 37.2. The average molecular weight is 917 g/mol. The monoisotopic (exact) mass is 916 g/mol. The second-order valence-electron chi connectivity index (χ2n) is 16.4. The smallest absolute Gasteiger partial charge is 0.348 e. The molecule has 3 aliphatic rings. The molecule has 7 heterocycles. The lowest BCUT2D eigenvalue weighted by Gasteiger charge is -2.39. The normalized spacial score (nSPS) is 16.1. The summed E-state index contributed by atoms with van der Waals surface area (Å²) in [5.74, 6) is 2.13. The summed E-state index contributed by atoms with van der Waals surface area (Å²) in [7, 11) is 9.11. The lowest BCUT2D eigenvalue weighted by atomic mass is 9.87. The predicted molar refractivity (Wildman–Crippen MR) is 240 cm³/mol. The second kappa shape index (κ2) is 16.0. The highest BCUT2D eigenvalue weighted by Gasteiger charge is 2.43. The predicted octanol–water partition coefficient (Wildman–Crippen LogP) is 0.911. The second-order valence-corrected chi connectivity index (χ2v) is 16.4. The Morgan fingerprint density at radius 2 is 1.19 bits per heavy atom. The lowest BCUT2D eigenvalue weighted by Crippen LogP contribution is -2.47. The maximum absolute atomic E-state index is 14.7. The summed E-state index contributed by atoms with van der Waals surface area (Å²) in [4.78, 5) is 94.2. The van der Waals surface area contributed by atoms with Gasteiger partial charge in [-0.2, -0.15) is 0 Å². The molecule has 3 aliphatic heterocycles. The lowest BCUT2D eigenvalue weighted by molar-refractivity contribution is 0.240. The standard InChI is InChI=1S/C45H44N10O12/c1-48-31-19-37(65-5)35(63-3)17-29(31)46-27(40(48)57)10-12-50-42(59)52-14-9-26-33(54(52)44(50)61)21-53-43(60)51(45(62)55(53)39(26)24-15-23-16-25(56)7-8-34(23)67-22-24)13-11-28-41(58)49(2)32-20-38(66-6)36(64-4)18-30(32)47-28/h7-9,16-20,22,33,39,56H,10-15,21H2,1-6H3/t33-,39+/m1/s1. The molecule has 0 saturated heterocycles. The Kier molecular flexibility index (Phi) is 10.2. The molecule has 7 aromatic rings. The van der Waals surface area contributed by atoms with Crippen LogP contribution in [0.3, 0.4) is 0 Å². The van der Waals surface area contributed by atoms with E-state index in [4.69, 9.17) is 23.7 Å². The van der Waals surface area contributed by atoms with E-state index >= 15 is 0 Å². The highest BCUT2D eigenvalue weighted by Crippen LogP contribution is 2.42. The number of rotatable bonds is 11. The molecule has 0 saturated carbocycles. The Balaban J connectivity index is 1.03. The maximum Gasteiger partial charge on any atom is 0.348 e. The molecule has 1 N–H and O–H groups in total. The minimum Gasteiger partial charge on any atom is -0.508 e. The number of phenols is 1. The third kappa shape index (κ3) is 6.60. The van der Waals surface area contributed by atoms with E-state index in [-0.39, 0.29) is 62.6 Å². The van der Waals surface area contributed by atoms with Crippen LogP contribution in [0.2, 0.25) is 0 Å². The van der Waals surface area contributed by atoms with E-state index in [9.17, 15) is 33.9 Å². The number of nitrogens with zero attached hydrogens (tertiary/aromatic N) is 10. The zero-order valence-corrected chi connectivity index (χ0v) is 37.2. The molecule has 10 rings (SSSR count). The molecule has 0 fully saturated rings. The molecular formula is C45H44N10O12. The molecule has 0 radical (unpaired) electrons. The van der Waals surface area contributed by atoms with Crippen LogP contribution >= 0.6 is 0 Å². The Bertz CT molecular complexity index is 3690. The van der Waals surface area contributed by atoms with E-state index in [0.29, 0.717) is 67.5 Å². The number of aromatic nitrogens is 10. The van der Waals surface area contributed by atoms with Crippen LogP contribution in [0.1, 0.15) is 29.0 Å². The number of benzene rings is 3. The summed E-state index contributed by atoms with van der Waals surface area (Å²) < 4.78 is 37.7. The quantitative estimate of drug-likeness (QED) is 0.178. The highest BCUT2D eigenvalue weighted by molar-refractivity contribution is 5.80. The van der Waals surface area contributed by atoms with Gasteiger partial charge in [0.15, 0.2) is 23.0 Å². The van der Waals surface area contributed by atoms with Crippen LogP contribution in [0, 0.1) is 0 Å². The van der Waals surface area contributed by atoms with Gasteiger partial charge in [-0.05, 0) is 29.3 Å². The molecule has 0 unspecified atom stereocenters. The molecule has 0 bridgehead atoms. The van der Waals surface area contributed by atoms with Gasteiger partial charge in [-0.25, -0.2) is 57.0 Å². The minimum absolute atomic E-state index is 0.00173. The first kappa shape index (κ1) is 42.6. The van der Waals surface area contributed by atoms with E-state index in [2.05, 4.69) is 9.97 Å². The Labute approximate surface area is 377 Å². The highest BCUT2D eigenvalue weighted by atomic mass is 16.5. The van der Waals surface area contributed by atoms with Crippen molar-refractivity contribution in [3.63, 3.8) is 0 Å². The van der Waals surface area contributed by atoms with E-state index in [1.807, 2.05) is 0 Å². The largest absolute Gasteiger partial charge is 0.508 e. The van der Waals surface area contributed by atoms with Crippen molar-refractivity contribution >= 4 is 22.1 Å². The molecule has 4 aromatic heterocycles. The molecule has 22 heteroatoms. The van der Waals surface area contributed by atoms with Gasteiger partial charge in [0.05, 0.1) is 75.9 Å². The zero-order chi connectivity index (χ0) is 47.2. The summed E-state index contributed by atoms with van der Waals surface area (Å²) in [6, 6.07) is 9.31. The van der Waals surface area contributed by atoms with Gasteiger partial charge in [-0.15, -0.1) is 0 Å². The number of hydrogen-bond donors (Lipinski definition) is 1. The van der Waals surface area contributed by atoms with Crippen molar-refractivity contribution < 1.29 is 28.8 Å². The number of aryl methyl sites for hydroxylation is 4. The van der Waals surface area contributed by atoms with Crippen LogP contribution in [0.15, 0.2) is 94.7 Å². The van der Waals surface area contributed by atoms with Crippen molar-refractivity contribution in [2.75, 3.05) is 28.4 Å². The molecule has 0 amide bonds. The van der Waals surface area contributed by atoms with Gasteiger partial charge in [-0.3, -0.25) is 9.59 Å². The first-order valence-corrected chi connectivity index (χ1v) is 21.2. The molecule has 0 aliphatic carbocycles. The molecule has 0 spiro atoms. The van der Waals surface area contributed by atoms with Gasteiger partial charge < -0.3 is 37.9 Å². The number of ether oxygens (including phenoxy) is 5. The van der Waals surface area contributed by atoms with Crippen molar-refractivity contribution in [3.05, 3.63) is 146 Å². The maximum atomic E-state index is 14.7. The van der Waals surface area contributed by atoms with Crippen LogP contribution in [-0.4, -0.2) is 80.5 Å². The van der Waals surface area contributed by atoms with Crippen LogP contribution in [0.4, 0.5) is 0 Å². The van der Waals surface area contributed by atoms with Gasteiger partial charge in [0.1, 0.15) is 28.9 Å². The van der Waals surface area contributed by atoms with E-state index in [0.717, 1.165) is 9.13 Å². The molecule has 2 atom stereocenters. The fourth-order valence-corrected chi connectivity index (χ4v) is 9.53. The Hall–Kier alpha value is -8.30. The number of allylic oxidation sites excluding steroid dienone is 3.